The smallest absolute Gasteiger partial charge is 0.317 e. The van der Waals surface area contributed by atoms with E-state index in [4.69, 9.17) is 0 Å². The number of hydrogen-bond donors (Lipinski definition) is 2. The summed E-state index contributed by atoms with van der Waals surface area (Å²) in [4.78, 5) is 18.2. The molecular weight excluding hydrogens is 302 g/mol. The molecule has 0 radical (unpaired) electrons. The van der Waals surface area contributed by atoms with Crippen molar-refractivity contribution in [3.63, 3.8) is 0 Å². The SMILES string of the molecule is Cc1cnccc1CNC(=O)N1CCC(O)(c2ccccc2)CC1. The highest BCUT2D eigenvalue weighted by Crippen LogP contribution is 2.32. The van der Waals surface area contributed by atoms with E-state index in [1.54, 1.807) is 17.3 Å². The Labute approximate surface area is 142 Å². The molecule has 0 unspecified atom stereocenters. The Kier molecular flexibility index (Phi) is 4.81. The van der Waals surface area contributed by atoms with Crippen LogP contribution in [-0.4, -0.2) is 34.1 Å². The first kappa shape index (κ1) is 16.5. The molecule has 2 aromatic rings. The number of aryl methyl sites for hydroxylation is 1. The number of carbonyl (C=O) groups excluding carboxylic acids is 1. The number of aliphatic hydroxyl groups is 1. The Morgan fingerprint density at radius 2 is 1.96 bits per heavy atom. The number of urea groups is 1. The van der Waals surface area contributed by atoms with Crippen molar-refractivity contribution < 1.29 is 9.90 Å². The van der Waals surface area contributed by atoms with Gasteiger partial charge in [0.1, 0.15) is 0 Å². The fraction of sp³-hybridized carbons (Fsp3) is 0.368. The maximum Gasteiger partial charge on any atom is 0.317 e. The third kappa shape index (κ3) is 3.57. The van der Waals surface area contributed by atoms with Gasteiger partial charge in [0.25, 0.3) is 0 Å². The Bertz CT molecular complexity index is 695. The van der Waals surface area contributed by atoms with Gasteiger partial charge in [-0.05, 0) is 42.5 Å². The van der Waals surface area contributed by atoms with E-state index in [1.165, 1.54) is 0 Å². The minimum absolute atomic E-state index is 0.0821. The standard InChI is InChI=1S/C19H23N3O2/c1-15-13-20-10-7-16(15)14-21-18(23)22-11-8-19(24,9-12-22)17-5-3-2-4-6-17/h2-7,10,13,24H,8-9,11-12,14H2,1H3,(H,21,23). The van der Waals surface area contributed by atoms with Crippen molar-refractivity contribution in [2.45, 2.75) is 31.9 Å². The highest BCUT2D eigenvalue weighted by atomic mass is 16.3. The molecule has 2 amide bonds. The molecule has 0 saturated carbocycles. The average molecular weight is 325 g/mol. The van der Waals surface area contributed by atoms with Crippen LogP contribution < -0.4 is 5.32 Å². The summed E-state index contributed by atoms with van der Waals surface area (Å²) in [6, 6.07) is 11.5. The summed E-state index contributed by atoms with van der Waals surface area (Å²) in [5.41, 5.74) is 2.23. The lowest BCUT2D eigenvalue weighted by Crippen LogP contribution is -2.48. The highest BCUT2D eigenvalue weighted by molar-refractivity contribution is 5.74. The van der Waals surface area contributed by atoms with E-state index in [-0.39, 0.29) is 6.03 Å². The summed E-state index contributed by atoms with van der Waals surface area (Å²) in [6.45, 7) is 3.57. The van der Waals surface area contributed by atoms with Crippen LogP contribution in [-0.2, 0) is 12.1 Å². The molecule has 0 spiro atoms. The minimum Gasteiger partial charge on any atom is -0.385 e. The molecule has 3 rings (SSSR count). The first-order valence-corrected chi connectivity index (χ1v) is 8.29. The number of likely N-dealkylation sites (tertiary alicyclic amines) is 1. The van der Waals surface area contributed by atoms with Crippen molar-refractivity contribution in [1.82, 2.24) is 15.2 Å². The van der Waals surface area contributed by atoms with E-state index in [0.29, 0.717) is 32.5 Å². The molecule has 1 fully saturated rings. The predicted molar refractivity (Wildman–Crippen MR) is 92.4 cm³/mol. The summed E-state index contributed by atoms with van der Waals surface area (Å²) in [7, 11) is 0. The van der Waals surface area contributed by atoms with Crippen molar-refractivity contribution in [2.75, 3.05) is 13.1 Å². The number of hydrogen-bond acceptors (Lipinski definition) is 3. The molecule has 1 aliphatic rings. The van der Waals surface area contributed by atoms with E-state index in [9.17, 15) is 9.90 Å². The van der Waals surface area contributed by atoms with E-state index < -0.39 is 5.60 Å². The fourth-order valence-electron chi connectivity index (χ4n) is 3.10. The van der Waals surface area contributed by atoms with Crippen molar-refractivity contribution in [2.24, 2.45) is 0 Å². The fourth-order valence-corrected chi connectivity index (χ4v) is 3.10. The molecule has 5 heteroatoms. The van der Waals surface area contributed by atoms with Gasteiger partial charge in [-0.1, -0.05) is 30.3 Å². The van der Waals surface area contributed by atoms with Gasteiger partial charge >= 0.3 is 6.03 Å². The molecule has 0 bridgehead atoms. The van der Waals surface area contributed by atoms with Gasteiger partial charge in [-0.2, -0.15) is 0 Å². The Hall–Kier alpha value is -2.40. The van der Waals surface area contributed by atoms with Crippen molar-refractivity contribution in [3.05, 3.63) is 65.5 Å². The van der Waals surface area contributed by atoms with Crippen molar-refractivity contribution in [1.29, 1.82) is 0 Å². The van der Waals surface area contributed by atoms with E-state index in [2.05, 4.69) is 10.3 Å². The largest absolute Gasteiger partial charge is 0.385 e. The van der Waals surface area contributed by atoms with Crippen LogP contribution in [0.5, 0.6) is 0 Å². The number of benzene rings is 1. The van der Waals surface area contributed by atoms with Gasteiger partial charge in [0.05, 0.1) is 5.60 Å². The maximum absolute atomic E-state index is 12.3. The number of nitrogens with zero attached hydrogens (tertiary/aromatic N) is 2. The van der Waals surface area contributed by atoms with Gasteiger partial charge < -0.3 is 15.3 Å². The van der Waals surface area contributed by atoms with Crippen LogP contribution in [0.4, 0.5) is 4.79 Å². The van der Waals surface area contributed by atoms with Crippen LogP contribution in [0.1, 0.15) is 29.5 Å². The number of amides is 2. The van der Waals surface area contributed by atoms with E-state index in [1.807, 2.05) is 43.3 Å². The molecule has 24 heavy (non-hydrogen) atoms. The van der Waals surface area contributed by atoms with Gasteiger partial charge in [0.2, 0.25) is 0 Å². The first-order valence-electron chi connectivity index (χ1n) is 8.29. The van der Waals surface area contributed by atoms with Gasteiger partial charge in [-0.15, -0.1) is 0 Å². The number of aromatic nitrogens is 1. The second-order valence-electron chi connectivity index (χ2n) is 6.35. The molecule has 1 aromatic carbocycles. The molecule has 5 nitrogen and oxygen atoms in total. The van der Waals surface area contributed by atoms with E-state index in [0.717, 1.165) is 16.7 Å². The zero-order valence-electron chi connectivity index (χ0n) is 13.9. The number of pyridine rings is 1. The summed E-state index contributed by atoms with van der Waals surface area (Å²) in [5, 5.41) is 13.8. The second kappa shape index (κ2) is 7.01. The molecule has 2 N–H and O–H groups in total. The van der Waals surface area contributed by atoms with Gasteiger partial charge in [0.15, 0.2) is 0 Å². The third-order valence-corrected chi connectivity index (χ3v) is 4.76. The van der Waals surface area contributed by atoms with Crippen LogP contribution >= 0.6 is 0 Å². The lowest BCUT2D eigenvalue weighted by molar-refractivity contribution is -0.0168. The Morgan fingerprint density at radius 1 is 1.25 bits per heavy atom. The summed E-state index contributed by atoms with van der Waals surface area (Å²) in [5.74, 6) is 0. The quantitative estimate of drug-likeness (QED) is 0.911. The number of carbonyl (C=O) groups is 1. The van der Waals surface area contributed by atoms with Crippen LogP contribution in [0.15, 0.2) is 48.8 Å². The molecule has 1 aliphatic heterocycles. The minimum atomic E-state index is -0.834. The van der Waals surface area contributed by atoms with Crippen molar-refractivity contribution in [3.8, 4) is 0 Å². The molecule has 0 aliphatic carbocycles. The second-order valence-corrected chi connectivity index (χ2v) is 6.35. The van der Waals surface area contributed by atoms with Crippen LogP contribution in [0.2, 0.25) is 0 Å². The van der Waals surface area contributed by atoms with Gasteiger partial charge in [-0.25, -0.2) is 4.79 Å². The average Bonchev–Trinajstić information content (AvgIpc) is 2.62. The number of piperidine rings is 1. The highest BCUT2D eigenvalue weighted by Gasteiger charge is 2.35. The molecule has 0 atom stereocenters. The third-order valence-electron chi connectivity index (χ3n) is 4.76. The summed E-state index contributed by atoms with van der Waals surface area (Å²) in [6.07, 6.45) is 4.63. The van der Waals surface area contributed by atoms with Crippen LogP contribution in [0.3, 0.4) is 0 Å². The lowest BCUT2D eigenvalue weighted by Gasteiger charge is -2.38. The number of rotatable bonds is 3. The summed E-state index contributed by atoms with van der Waals surface area (Å²) >= 11 is 0. The van der Waals surface area contributed by atoms with Gasteiger partial charge in [0, 0.05) is 32.0 Å². The lowest BCUT2D eigenvalue weighted by atomic mass is 9.84. The topological polar surface area (TPSA) is 65.5 Å². The zero-order valence-corrected chi connectivity index (χ0v) is 13.9. The molecular formula is C19H23N3O2. The Morgan fingerprint density at radius 3 is 2.62 bits per heavy atom. The molecule has 2 heterocycles. The maximum atomic E-state index is 12.3. The molecule has 1 saturated heterocycles. The van der Waals surface area contributed by atoms with Crippen LogP contribution in [0, 0.1) is 6.92 Å². The van der Waals surface area contributed by atoms with Gasteiger partial charge in [-0.3, -0.25) is 4.98 Å². The zero-order chi connectivity index (χ0) is 17.0. The van der Waals surface area contributed by atoms with Crippen LogP contribution in [0.25, 0.3) is 0 Å². The monoisotopic (exact) mass is 325 g/mol. The normalized spacial score (nSPS) is 16.7. The molecule has 1 aromatic heterocycles. The Balaban J connectivity index is 1.55. The number of nitrogens with one attached hydrogen (secondary N) is 1. The predicted octanol–water partition coefficient (Wildman–Crippen LogP) is 2.58. The van der Waals surface area contributed by atoms with E-state index >= 15 is 0 Å². The van der Waals surface area contributed by atoms with Crippen molar-refractivity contribution >= 4 is 6.03 Å². The molecule has 126 valence electrons. The summed E-state index contributed by atoms with van der Waals surface area (Å²) < 4.78 is 0. The first-order chi connectivity index (χ1) is 11.6.